The van der Waals surface area contributed by atoms with E-state index in [0.717, 1.165) is 44.1 Å². The van der Waals surface area contributed by atoms with Gasteiger partial charge in [-0.2, -0.15) is 0 Å². The second kappa shape index (κ2) is 3.68. The molecule has 94 valence electrons. The lowest BCUT2D eigenvalue weighted by Gasteiger charge is -2.46. The van der Waals surface area contributed by atoms with Crippen LogP contribution in [-0.2, 0) is 4.79 Å². The molecular formula is C15H22O2. The van der Waals surface area contributed by atoms with Crippen LogP contribution in [0, 0.1) is 17.3 Å². The van der Waals surface area contributed by atoms with Gasteiger partial charge >= 0.3 is 0 Å². The fourth-order valence-electron chi connectivity index (χ4n) is 4.58. The molecule has 0 saturated heterocycles. The van der Waals surface area contributed by atoms with Gasteiger partial charge in [0.2, 0.25) is 0 Å². The predicted octanol–water partition coefficient (Wildman–Crippen LogP) is 2.85. The Morgan fingerprint density at radius 1 is 1.24 bits per heavy atom. The lowest BCUT2D eigenvalue weighted by atomic mass is 9.58. The molecule has 2 nitrogen and oxygen atoms in total. The van der Waals surface area contributed by atoms with Gasteiger partial charge in [0.05, 0.1) is 6.10 Å². The highest BCUT2D eigenvalue weighted by Gasteiger charge is 2.52. The van der Waals surface area contributed by atoms with E-state index >= 15 is 0 Å². The second-order valence-electron chi connectivity index (χ2n) is 6.42. The number of Topliss-reactive ketones (excluding diaryl/α,β-unsaturated/α-hetero) is 1. The molecule has 17 heavy (non-hydrogen) atoms. The Kier molecular flexibility index (Phi) is 2.48. The van der Waals surface area contributed by atoms with Crippen LogP contribution in [0.4, 0.5) is 0 Å². The first kappa shape index (κ1) is 11.5. The highest BCUT2D eigenvalue weighted by molar-refractivity contribution is 5.96. The number of carbonyl (C=O) groups excluding carboxylic acids is 1. The molecule has 0 bridgehead atoms. The van der Waals surface area contributed by atoms with Gasteiger partial charge in [0, 0.05) is 6.42 Å². The van der Waals surface area contributed by atoms with Crippen molar-refractivity contribution in [2.45, 2.75) is 58.5 Å². The molecule has 2 heteroatoms. The normalized spacial score (nSPS) is 45.8. The number of rotatable bonds is 0. The molecular weight excluding hydrogens is 212 g/mol. The van der Waals surface area contributed by atoms with E-state index in [9.17, 15) is 9.90 Å². The van der Waals surface area contributed by atoms with Gasteiger partial charge < -0.3 is 5.11 Å². The van der Waals surface area contributed by atoms with E-state index in [1.807, 2.05) is 6.92 Å². The Balaban J connectivity index is 1.99. The van der Waals surface area contributed by atoms with Crippen LogP contribution in [-0.4, -0.2) is 17.0 Å². The van der Waals surface area contributed by atoms with E-state index in [2.05, 4.69) is 6.92 Å². The van der Waals surface area contributed by atoms with Gasteiger partial charge in [-0.15, -0.1) is 0 Å². The molecule has 0 radical (unpaired) electrons. The first-order chi connectivity index (χ1) is 8.04. The standard InChI is InChI=1S/C15H22O2/c1-9-10-7-8-15(2)12(4-6-14(15)17)11(10)3-5-13(9)16/h11-12,14,17H,3-8H2,1-2H3/t11-,12?,14+,15+/m1/s1. The first-order valence-corrected chi connectivity index (χ1v) is 6.95. The van der Waals surface area contributed by atoms with E-state index < -0.39 is 0 Å². The molecule has 0 spiro atoms. The summed E-state index contributed by atoms with van der Waals surface area (Å²) in [5.41, 5.74) is 2.59. The number of ketones is 1. The SMILES string of the molecule is CC1=C2CC[C@@]3(C)C(CC[C@@H]3O)[C@@H]2CCC1=O. The minimum absolute atomic E-state index is 0.119. The van der Waals surface area contributed by atoms with Gasteiger partial charge in [0.1, 0.15) is 0 Å². The monoisotopic (exact) mass is 234 g/mol. The molecule has 3 aliphatic rings. The maximum absolute atomic E-state index is 11.8. The summed E-state index contributed by atoms with van der Waals surface area (Å²) in [6.45, 7) is 4.27. The number of hydrogen-bond acceptors (Lipinski definition) is 2. The molecule has 1 unspecified atom stereocenters. The molecule has 0 aromatic carbocycles. The van der Waals surface area contributed by atoms with Crippen LogP contribution in [0.3, 0.4) is 0 Å². The molecule has 0 heterocycles. The van der Waals surface area contributed by atoms with Crippen molar-refractivity contribution in [3.05, 3.63) is 11.1 Å². The van der Waals surface area contributed by atoms with E-state index in [1.54, 1.807) is 0 Å². The van der Waals surface area contributed by atoms with Crippen LogP contribution < -0.4 is 0 Å². The van der Waals surface area contributed by atoms with Crippen LogP contribution in [0.25, 0.3) is 0 Å². The molecule has 4 atom stereocenters. The van der Waals surface area contributed by atoms with E-state index in [0.29, 0.717) is 17.6 Å². The summed E-state index contributed by atoms with van der Waals surface area (Å²) < 4.78 is 0. The lowest BCUT2D eigenvalue weighted by molar-refractivity contribution is -0.117. The maximum Gasteiger partial charge on any atom is 0.158 e. The highest BCUT2D eigenvalue weighted by Crippen LogP contribution is 2.58. The molecule has 3 rings (SSSR count). The molecule has 0 aliphatic heterocycles. The van der Waals surface area contributed by atoms with Crippen molar-refractivity contribution in [1.29, 1.82) is 0 Å². The van der Waals surface area contributed by atoms with Crippen molar-refractivity contribution in [3.8, 4) is 0 Å². The van der Waals surface area contributed by atoms with Gasteiger partial charge in [-0.05, 0) is 61.9 Å². The van der Waals surface area contributed by atoms with Gasteiger partial charge in [-0.25, -0.2) is 0 Å². The number of allylic oxidation sites excluding steroid dienone is 2. The number of aliphatic hydroxyl groups is 1. The summed E-state index contributed by atoms with van der Waals surface area (Å²) in [7, 11) is 0. The fraction of sp³-hybridized carbons (Fsp3) is 0.800. The average Bonchev–Trinajstić information content (AvgIpc) is 2.61. The zero-order valence-corrected chi connectivity index (χ0v) is 10.8. The highest BCUT2D eigenvalue weighted by atomic mass is 16.3. The topological polar surface area (TPSA) is 37.3 Å². The lowest BCUT2D eigenvalue weighted by Crippen LogP contribution is -2.42. The summed E-state index contributed by atoms with van der Waals surface area (Å²) in [6, 6.07) is 0. The Morgan fingerprint density at radius 3 is 2.76 bits per heavy atom. The van der Waals surface area contributed by atoms with Crippen molar-refractivity contribution in [2.75, 3.05) is 0 Å². The van der Waals surface area contributed by atoms with Gasteiger partial charge in [-0.3, -0.25) is 4.79 Å². The van der Waals surface area contributed by atoms with Crippen molar-refractivity contribution in [3.63, 3.8) is 0 Å². The Bertz CT molecular complexity index is 396. The Hall–Kier alpha value is -0.630. The van der Waals surface area contributed by atoms with E-state index in [-0.39, 0.29) is 11.5 Å². The summed E-state index contributed by atoms with van der Waals surface area (Å²) in [5.74, 6) is 1.56. The fourth-order valence-corrected chi connectivity index (χ4v) is 4.58. The van der Waals surface area contributed by atoms with Crippen molar-refractivity contribution in [2.24, 2.45) is 17.3 Å². The number of aliphatic hydroxyl groups excluding tert-OH is 1. The molecule has 0 amide bonds. The van der Waals surface area contributed by atoms with Crippen LogP contribution in [0.15, 0.2) is 11.1 Å². The predicted molar refractivity (Wildman–Crippen MR) is 66.5 cm³/mol. The average molecular weight is 234 g/mol. The largest absolute Gasteiger partial charge is 0.393 e. The maximum atomic E-state index is 11.8. The van der Waals surface area contributed by atoms with Crippen molar-refractivity contribution >= 4 is 5.78 Å². The Morgan fingerprint density at radius 2 is 2.00 bits per heavy atom. The molecule has 0 aromatic heterocycles. The minimum Gasteiger partial charge on any atom is -0.393 e. The van der Waals surface area contributed by atoms with E-state index in [4.69, 9.17) is 0 Å². The number of carbonyl (C=O) groups is 1. The van der Waals surface area contributed by atoms with Crippen molar-refractivity contribution in [1.82, 2.24) is 0 Å². The van der Waals surface area contributed by atoms with Crippen LogP contribution in [0.5, 0.6) is 0 Å². The third kappa shape index (κ3) is 1.46. The van der Waals surface area contributed by atoms with Crippen LogP contribution >= 0.6 is 0 Å². The molecule has 2 fully saturated rings. The Labute approximate surface area is 103 Å². The molecule has 1 N–H and O–H groups in total. The summed E-state index contributed by atoms with van der Waals surface area (Å²) in [5, 5.41) is 10.2. The first-order valence-electron chi connectivity index (χ1n) is 6.95. The number of hydrogen-bond donors (Lipinski definition) is 1. The summed E-state index contributed by atoms with van der Waals surface area (Å²) in [6.07, 6.45) is 5.83. The zero-order valence-electron chi connectivity index (χ0n) is 10.8. The minimum atomic E-state index is -0.119. The van der Waals surface area contributed by atoms with E-state index in [1.165, 1.54) is 5.57 Å². The summed E-state index contributed by atoms with van der Waals surface area (Å²) >= 11 is 0. The molecule has 0 aromatic rings. The van der Waals surface area contributed by atoms with Crippen molar-refractivity contribution < 1.29 is 9.90 Å². The van der Waals surface area contributed by atoms with Gasteiger partial charge in [0.15, 0.2) is 5.78 Å². The van der Waals surface area contributed by atoms with Gasteiger partial charge in [-0.1, -0.05) is 12.5 Å². The third-order valence-electron chi connectivity index (χ3n) is 5.81. The smallest absolute Gasteiger partial charge is 0.158 e. The van der Waals surface area contributed by atoms with Crippen LogP contribution in [0.1, 0.15) is 52.4 Å². The second-order valence-corrected chi connectivity index (χ2v) is 6.42. The van der Waals surface area contributed by atoms with Crippen LogP contribution in [0.2, 0.25) is 0 Å². The molecule has 3 aliphatic carbocycles. The third-order valence-corrected chi connectivity index (χ3v) is 5.81. The zero-order chi connectivity index (χ0) is 12.2. The summed E-state index contributed by atoms with van der Waals surface area (Å²) in [4.78, 5) is 11.8. The number of fused-ring (bicyclic) bond motifs is 3. The van der Waals surface area contributed by atoms with Gasteiger partial charge in [0.25, 0.3) is 0 Å². The molecule has 2 saturated carbocycles. The quantitative estimate of drug-likeness (QED) is 0.699.